The molecule has 0 saturated carbocycles. The summed E-state index contributed by atoms with van der Waals surface area (Å²) in [4.78, 5) is 46.2. The van der Waals surface area contributed by atoms with Gasteiger partial charge in [0, 0.05) is 22.6 Å². The zero-order valence-electron chi connectivity index (χ0n) is 23.1. The van der Waals surface area contributed by atoms with Gasteiger partial charge in [-0.25, -0.2) is 14.2 Å². The van der Waals surface area contributed by atoms with Gasteiger partial charge in [-0.05, 0) is 68.8 Å². The van der Waals surface area contributed by atoms with Gasteiger partial charge in [0.15, 0.2) is 5.60 Å². The summed E-state index contributed by atoms with van der Waals surface area (Å²) in [5.74, 6) is -1.37. The van der Waals surface area contributed by atoms with Crippen molar-refractivity contribution in [1.29, 1.82) is 0 Å². The van der Waals surface area contributed by atoms with Crippen molar-refractivity contribution >= 4 is 22.8 Å². The van der Waals surface area contributed by atoms with E-state index < -0.39 is 29.9 Å². The van der Waals surface area contributed by atoms with Crippen LogP contribution in [0.5, 0.6) is 0 Å². The molecule has 0 radical (unpaired) electrons. The number of hydrogen-bond acceptors (Lipinski definition) is 8. The Bertz CT molecular complexity index is 1750. The highest BCUT2D eigenvalue weighted by molar-refractivity contribution is 5.94. The Kier molecular flexibility index (Phi) is 5.70. The van der Waals surface area contributed by atoms with Crippen molar-refractivity contribution in [2.45, 2.75) is 83.0 Å². The number of nitrogens with one attached hydrogen (secondary N) is 1. The van der Waals surface area contributed by atoms with E-state index in [1.165, 1.54) is 6.07 Å². The van der Waals surface area contributed by atoms with Crippen molar-refractivity contribution in [3.63, 3.8) is 0 Å². The van der Waals surface area contributed by atoms with Gasteiger partial charge in [-0.3, -0.25) is 14.5 Å². The highest BCUT2D eigenvalue weighted by Crippen LogP contribution is 2.46. The molecule has 4 aliphatic rings. The molecule has 1 saturated heterocycles. The molecule has 0 bridgehead atoms. The van der Waals surface area contributed by atoms with Gasteiger partial charge in [0.25, 0.3) is 5.56 Å². The number of aromatic nitrogens is 2. The lowest BCUT2D eigenvalue weighted by atomic mass is 9.81. The molecule has 7 rings (SSSR count). The lowest BCUT2D eigenvalue weighted by molar-refractivity contribution is -0.172. The molecule has 5 heterocycles. The molecule has 1 fully saturated rings. The molecule has 1 aliphatic carbocycles. The molecule has 3 aliphatic heterocycles. The summed E-state index contributed by atoms with van der Waals surface area (Å²) in [6.07, 6.45) is 1.48. The standard InChI is InChI=1S/C30H31FN4O6/c1-4-30(40)17-9-22-26-15(11-35(22)28(38)16(17)12-41-29(30)39)25-19(33-27(37)21-7-8-23(36)34(21)3)6-5-14-13(2)18(31)10-20(32-26)24(14)25/h9-10,19,21,23,36,40H,4-8,11-12H2,1-3H3,(H,33,37)/t19-,21?,23?,30-/m0/s1. The number of hydrogen-bond donors (Lipinski definition) is 3. The molecule has 1 amide bonds. The van der Waals surface area contributed by atoms with Crippen molar-refractivity contribution < 1.29 is 28.9 Å². The van der Waals surface area contributed by atoms with E-state index in [4.69, 9.17) is 9.72 Å². The van der Waals surface area contributed by atoms with E-state index in [1.54, 1.807) is 36.4 Å². The van der Waals surface area contributed by atoms with E-state index in [0.717, 1.165) is 22.1 Å². The van der Waals surface area contributed by atoms with E-state index in [9.17, 15) is 24.6 Å². The molecule has 4 atom stereocenters. The zero-order chi connectivity index (χ0) is 29.0. The average Bonchev–Trinajstić information content (AvgIpc) is 3.49. The van der Waals surface area contributed by atoms with E-state index in [-0.39, 0.29) is 48.0 Å². The van der Waals surface area contributed by atoms with Crippen LogP contribution in [-0.2, 0) is 39.5 Å². The Balaban J connectivity index is 1.43. The molecule has 2 aromatic heterocycles. The van der Waals surface area contributed by atoms with E-state index >= 15 is 4.39 Å². The van der Waals surface area contributed by atoms with Crippen molar-refractivity contribution in [2.75, 3.05) is 7.05 Å². The van der Waals surface area contributed by atoms with Crippen LogP contribution in [0.15, 0.2) is 16.9 Å². The number of carbonyl (C=O) groups is 2. The fourth-order valence-corrected chi connectivity index (χ4v) is 7.20. The lowest BCUT2D eigenvalue weighted by Gasteiger charge is -2.31. The van der Waals surface area contributed by atoms with Gasteiger partial charge in [-0.15, -0.1) is 0 Å². The fourth-order valence-electron chi connectivity index (χ4n) is 7.20. The smallest absolute Gasteiger partial charge is 0.343 e. The fraction of sp³-hybridized carbons (Fsp3) is 0.467. The number of aryl methyl sites for hydroxylation is 1. The topological polar surface area (TPSA) is 134 Å². The number of aliphatic hydroxyl groups is 2. The van der Waals surface area contributed by atoms with Gasteiger partial charge in [0.1, 0.15) is 18.7 Å². The Morgan fingerprint density at radius 1 is 1.22 bits per heavy atom. The molecule has 3 N–H and O–H groups in total. The Morgan fingerprint density at radius 3 is 2.71 bits per heavy atom. The number of aliphatic hydroxyl groups excluding tert-OH is 1. The molecule has 1 aromatic carbocycles. The van der Waals surface area contributed by atoms with E-state index in [2.05, 4.69) is 5.32 Å². The SMILES string of the molecule is CC[C@@]1(O)C(=O)OCc2c1cc1n(c2=O)Cc2c-1nc1cc(F)c(C)c3c1c2[C@@H](NC(=O)C1CCC(O)N1C)CC3. The van der Waals surface area contributed by atoms with Crippen LogP contribution in [0.25, 0.3) is 22.3 Å². The summed E-state index contributed by atoms with van der Waals surface area (Å²) in [6.45, 7) is 3.33. The number of esters is 1. The number of fused-ring (bicyclic) bond motifs is 5. The molecule has 41 heavy (non-hydrogen) atoms. The number of rotatable bonds is 3. The maximum absolute atomic E-state index is 15.1. The number of carbonyl (C=O) groups excluding carboxylic acids is 2. The normalized spacial score (nSPS) is 26.5. The third kappa shape index (κ3) is 3.52. The molecular formula is C30H31FN4O6. The largest absolute Gasteiger partial charge is 0.458 e. The summed E-state index contributed by atoms with van der Waals surface area (Å²) >= 11 is 0. The number of cyclic esters (lactones) is 1. The first kappa shape index (κ1) is 26.2. The summed E-state index contributed by atoms with van der Waals surface area (Å²) in [6, 6.07) is 2.14. The molecule has 11 heteroatoms. The number of likely N-dealkylation sites (N-methyl/N-ethyl adjacent to an activating group) is 1. The number of likely N-dealkylation sites (tertiary alicyclic amines) is 1. The first-order valence-electron chi connectivity index (χ1n) is 14.1. The minimum Gasteiger partial charge on any atom is -0.458 e. The number of benzene rings is 1. The highest BCUT2D eigenvalue weighted by Gasteiger charge is 2.46. The number of halogens is 1. The Morgan fingerprint density at radius 2 is 2.00 bits per heavy atom. The van der Waals surface area contributed by atoms with Gasteiger partial charge in [-0.2, -0.15) is 0 Å². The number of pyridine rings is 2. The maximum Gasteiger partial charge on any atom is 0.343 e. The van der Waals surface area contributed by atoms with Crippen LogP contribution >= 0.6 is 0 Å². The zero-order valence-corrected chi connectivity index (χ0v) is 23.1. The molecule has 214 valence electrons. The third-order valence-electron chi connectivity index (χ3n) is 9.66. The second kappa shape index (κ2) is 8.91. The molecule has 0 spiro atoms. The molecule has 2 unspecified atom stereocenters. The summed E-state index contributed by atoms with van der Waals surface area (Å²) in [7, 11) is 1.73. The maximum atomic E-state index is 15.1. The summed E-state index contributed by atoms with van der Waals surface area (Å²) < 4.78 is 21.8. The highest BCUT2D eigenvalue weighted by atomic mass is 19.1. The average molecular weight is 563 g/mol. The minimum atomic E-state index is -1.96. The molecular weight excluding hydrogens is 531 g/mol. The van der Waals surface area contributed by atoms with Crippen molar-refractivity contribution in [3.8, 4) is 11.4 Å². The molecule has 10 nitrogen and oxygen atoms in total. The third-order valence-corrected chi connectivity index (χ3v) is 9.66. The van der Waals surface area contributed by atoms with Gasteiger partial charge in [0.05, 0.1) is 41.1 Å². The number of nitrogens with zero attached hydrogens (tertiary/aromatic N) is 3. The second-order valence-electron chi connectivity index (χ2n) is 11.7. The predicted molar refractivity (Wildman–Crippen MR) is 145 cm³/mol. The first-order valence-corrected chi connectivity index (χ1v) is 14.1. The van der Waals surface area contributed by atoms with Gasteiger partial charge in [0.2, 0.25) is 5.91 Å². The van der Waals surface area contributed by atoms with Crippen LogP contribution in [0.1, 0.15) is 72.0 Å². The Hall–Kier alpha value is -3.67. The van der Waals surface area contributed by atoms with Crippen molar-refractivity contribution in [2.24, 2.45) is 0 Å². The summed E-state index contributed by atoms with van der Waals surface area (Å²) in [5.41, 5.74) is 2.35. The van der Waals surface area contributed by atoms with E-state index in [0.29, 0.717) is 48.2 Å². The van der Waals surface area contributed by atoms with Gasteiger partial charge in [-0.1, -0.05) is 6.92 Å². The van der Waals surface area contributed by atoms with Crippen LogP contribution in [-0.4, -0.2) is 55.9 Å². The quantitative estimate of drug-likeness (QED) is 0.323. The van der Waals surface area contributed by atoms with Crippen LogP contribution < -0.4 is 10.9 Å². The minimum absolute atomic E-state index is 0.0250. The second-order valence-corrected chi connectivity index (χ2v) is 11.7. The number of ether oxygens (including phenoxy) is 1. The van der Waals surface area contributed by atoms with Crippen LogP contribution in [0, 0.1) is 12.7 Å². The van der Waals surface area contributed by atoms with Crippen molar-refractivity contribution in [3.05, 3.63) is 61.7 Å². The van der Waals surface area contributed by atoms with Gasteiger partial charge >= 0.3 is 5.97 Å². The predicted octanol–water partition coefficient (Wildman–Crippen LogP) is 2.04. The lowest BCUT2D eigenvalue weighted by Crippen LogP contribution is -2.45. The van der Waals surface area contributed by atoms with Crippen LogP contribution in [0.3, 0.4) is 0 Å². The van der Waals surface area contributed by atoms with Gasteiger partial charge < -0.3 is 24.8 Å². The monoisotopic (exact) mass is 562 g/mol. The number of amides is 1. The van der Waals surface area contributed by atoms with E-state index in [1.807, 2.05) is 0 Å². The summed E-state index contributed by atoms with van der Waals surface area (Å²) in [5, 5.41) is 25.4. The van der Waals surface area contributed by atoms with Crippen molar-refractivity contribution in [1.82, 2.24) is 19.8 Å². The van der Waals surface area contributed by atoms with Crippen LogP contribution in [0.4, 0.5) is 4.39 Å². The first-order chi connectivity index (χ1) is 19.5. The Labute approximate surface area is 234 Å². The molecule has 3 aromatic rings. The van der Waals surface area contributed by atoms with Crippen LogP contribution in [0.2, 0.25) is 0 Å².